The quantitative estimate of drug-likeness (QED) is 0.477. The SMILES string of the molecule is CC(C)C(=O)C[C@H](O)C[C@H](O)/C=C/c1c(-c2ccc(F)cc2)nc(N(C)S(C)(=O)=O)nc1C(C)C. The van der Waals surface area contributed by atoms with E-state index in [4.69, 9.17) is 0 Å². The number of anilines is 1. The third kappa shape index (κ3) is 7.91. The van der Waals surface area contributed by atoms with Gasteiger partial charge in [-0.2, -0.15) is 0 Å². The molecule has 0 saturated heterocycles. The lowest BCUT2D eigenvalue weighted by molar-refractivity contribution is -0.124. The zero-order valence-corrected chi connectivity index (χ0v) is 21.8. The highest BCUT2D eigenvalue weighted by molar-refractivity contribution is 7.92. The van der Waals surface area contributed by atoms with Gasteiger partial charge < -0.3 is 10.2 Å². The van der Waals surface area contributed by atoms with Gasteiger partial charge in [-0.15, -0.1) is 0 Å². The zero-order chi connectivity index (χ0) is 26.5. The van der Waals surface area contributed by atoms with E-state index >= 15 is 0 Å². The number of halogens is 1. The zero-order valence-electron chi connectivity index (χ0n) is 20.9. The number of nitrogens with zero attached hydrogens (tertiary/aromatic N) is 3. The van der Waals surface area contributed by atoms with Crippen molar-refractivity contribution in [2.45, 2.75) is 58.7 Å². The lowest BCUT2D eigenvalue weighted by Crippen LogP contribution is -2.27. The second-order valence-electron chi connectivity index (χ2n) is 9.20. The fraction of sp³-hybridized carbons (Fsp3) is 0.480. The molecule has 2 aromatic rings. The molecule has 10 heteroatoms. The van der Waals surface area contributed by atoms with Crippen LogP contribution in [0.15, 0.2) is 30.3 Å². The summed E-state index contributed by atoms with van der Waals surface area (Å²) in [6, 6.07) is 5.61. The molecule has 0 aliphatic heterocycles. The molecule has 8 nitrogen and oxygen atoms in total. The third-order valence-electron chi connectivity index (χ3n) is 5.49. The van der Waals surface area contributed by atoms with Gasteiger partial charge in [-0.05, 0) is 30.2 Å². The van der Waals surface area contributed by atoms with Crippen LogP contribution in [-0.4, -0.2) is 59.9 Å². The number of Topliss-reactive ketones (excluding diaryl/α,β-unsaturated/α-hetero) is 1. The van der Waals surface area contributed by atoms with E-state index < -0.39 is 28.0 Å². The van der Waals surface area contributed by atoms with Gasteiger partial charge in [0.2, 0.25) is 16.0 Å². The molecular formula is C25H34FN3O5S. The van der Waals surface area contributed by atoms with Crippen LogP contribution in [0.25, 0.3) is 17.3 Å². The molecule has 0 amide bonds. The monoisotopic (exact) mass is 507 g/mol. The van der Waals surface area contributed by atoms with Crippen LogP contribution in [0.2, 0.25) is 0 Å². The van der Waals surface area contributed by atoms with Crippen LogP contribution >= 0.6 is 0 Å². The molecule has 0 spiro atoms. The van der Waals surface area contributed by atoms with Crippen LogP contribution in [0.1, 0.15) is 57.7 Å². The fourth-order valence-electron chi connectivity index (χ4n) is 3.31. The Bertz CT molecular complexity index is 1160. The number of sulfonamides is 1. The Morgan fingerprint density at radius 2 is 1.71 bits per heavy atom. The Balaban J connectivity index is 2.53. The molecule has 0 fully saturated rings. The summed E-state index contributed by atoms with van der Waals surface area (Å²) in [6.45, 7) is 7.27. The average molecular weight is 508 g/mol. The number of aliphatic hydroxyl groups excluding tert-OH is 2. The van der Waals surface area contributed by atoms with Gasteiger partial charge in [0.15, 0.2) is 0 Å². The van der Waals surface area contributed by atoms with Crippen molar-refractivity contribution in [2.75, 3.05) is 17.6 Å². The molecule has 0 saturated carbocycles. The first-order valence-corrected chi connectivity index (χ1v) is 13.2. The second kappa shape index (κ2) is 11.8. The minimum absolute atomic E-state index is 0.0316. The Morgan fingerprint density at radius 3 is 2.23 bits per heavy atom. The minimum Gasteiger partial charge on any atom is -0.393 e. The number of carbonyl (C=O) groups excluding carboxylic acids is 1. The van der Waals surface area contributed by atoms with Gasteiger partial charge in [0.1, 0.15) is 11.6 Å². The van der Waals surface area contributed by atoms with Crippen molar-refractivity contribution in [3.8, 4) is 11.3 Å². The first kappa shape index (κ1) is 28.5. The summed E-state index contributed by atoms with van der Waals surface area (Å²) >= 11 is 0. The van der Waals surface area contributed by atoms with Crippen molar-refractivity contribution < 1.29 is 27.8 Å². The number of hydrogen-bond donors (Lipinski definition) is 2. The van der Waals surface area contributed by atoms with Crippen molar-refractivity contribution in [3.63, 3.8) is 0 Å². The van der Waals surface area contributed by atoms with E-state index in [0.717, 1.165) is 10.6 Å². The van der Waals surface area contributed by atoms with Gasteiger partial charge in [0, 0.05) is 36.9 Å². The summed E-state index contributed by atoms with van der Waals surface area (Å²) in [4.78, 5) is 20.8. The van der Waals surface area contributed by atoms with Gasteiger partial charge in [-0.3, -0.25) is 4.79 Å². The van der Waals surface area contributed by atoms with Crippen LogP contribution in [0.3, 0.4) is 0 Å². The fourth-order valence-corrected chi connectivity index (χ4v) is 3.69. The Hall–Kier alpha value is -2.69. The molecule has 0 bridgehead atoms. The number of hydrogen-bond acceptors (Lipinski definition) is 7. The Morgan fingerprint density at radius 1 is 1.11 bits per heavy atom. The Kier molecular flexibility index (Phi) is 9.65. The number of benzene rings is 1. The van der Waals surface area contributed by atoms with Gasteiger partial charge >= 0.3 is 0 Å². The van der Waals surface area contributed by atoms with Crippen LogP contribution in [-0.2, 0) is 14.8 Å². The number of carbonyl (C=O) groups is 1. The molecule has 192 valence electrons. The van der Waals surface area contributed by atoms with Crippen molar-refractivity contribution in [3.05, 3.63) is 47.4 Å². The molecule has 2 rings (SSSR count). The smallest absolute Gasteiger partial charge is 0.239 e. The minimum atomic E-state index is -3.64. The second-order valence-corrected chi connectivity index (χ2v) is 11.2. The first-order valence-electron chi connectivity index (χ1n) is 11.4. The van der Waals surface area contributed by atoms with Crippen LogP contribution in [0.5, 0.6) is 0 Å². The van der Waals surface area contributed by atoms with Crippen LogP contribution in [0, 0.1) is 11.7 Å². The molecule has 35 heavy (non-hydrogen) atoms. The van der Waals surface area contributed by atoms with Crippen molar-refractivity contribution in [1.82, 2.24) is 9.97 Å². The highest BCUT2D eigenvalue weighted by Crippen LogP contribution is 2.31. The highest BCUT2D eigenvalue weighted by Gasteiger charge is 2.23. The molecule has 1 aromatic carbocycles. The number of ketones is 1. The van der Waals surface area contributed by atoms with Gasteiger partial charge in [-0.25, -0.2) is 27.1 Å². The predicted octanol–water partition coefficient (Wildman–Crippen LogP) is 3.54. The lowest BCUT2D eigenvalue weighted by atomic mass is 9.96. The standard InChI is InChI=1S/C25H34FN3O5S/c1-15(2)22(32)14-20(31)13-19(30)11-12-21-23(16(3)4)27-25(29(5)35(6,33)34)28-24(21)17-7-9-18(26)10-8-17/h7-12,15-16,19-20,30-31H,13-14H2,1-6H3/b12-11+/t19-,20-/m1/s1. The lowest BCUT2D eigenvalue weighted by Gasteiger charge is -2.20. The van der Waals surface area contributed by atoms with Gasteiger partial charge in [0.05, 0.1) is 29.9 Å². The van der Waals surface area contributed by atoms with E-state index in [2.05, 4.69) is 9.97 Å². The number of aliphatic hydroxyl groups is 2. The predicted molar refractivity (Wildman–Crippen MR) is 135 cm³/mol. The molecular weight excluding hydrogens is 473 g/mol. The van der Waals surface area contributed by atoms with E-state index in [1.165, 1.54) is 37.4 Å². The van der Waals surface area contributed by atoms with Gasteiger partial charge in [-0.1, -0.05) is 39.8 Å². The number of aromatic nitrogens is 2. The highest BCUT2D eigenvalue weighted by atomic mass is 32.2. The summed E-state index contributed by atoms with van der Waals surface area (Å²) in [5, 5.41) is 20.6. The summed E-state index contributed by atoms with van der Waals surface area (Å²) in [7, 11) is -2.29. The Labute approximate surface area is 206 Å². The normalized spacial score (nSPS) is 14.0. The largest absolute Gasteiger partial charge is 0.393 e. The molecule has 1 heterocycles. The molecule has 1 aromatic heterocycles. The van der Waals surface area contributed by atoms with Crippen molar-refractivity contribution in [2.24, 2.45) is 5.92 Å². The van der Waals surface area contributed by atoms with E-state index in [0.29, 0.717) is 22.5 Å². The maximum absolute atomic E-state index is 13.6. The third-order valence-corrected chi connectivity index (χ3v) is 6.64. The van der Waals surface area contributed by atoms with E-state index in [-0.39, 0.29) is 36.4 Å². The van der Waals surface area contributed by atoms with E-state index in [1.54, 1.807) is 19.9 Å². The summed E-state index contributed by atoms with van der Waals surface area (Å²) in [5.41, 5.74) is 1.97. The molecule has 0 aliphatic rings. The topological polar surface area (TPSA) is 121 Å². The first-order chi connectivity index (χ1) is 16.2. The maximum atomic E-state index is 13.6. The van der Waals surface area contributed by atoms with Gasteiger partial charge in [0.25, 0.3) is 0 Å². The summed E-state index contributed by atoms with van der Waals surface area (Å²) in [6.07, 6.45) is 2.00. The average Bonchev–Trinajstić information content (AvgIpc) is 2.76. The van der Waals surface area contributed by atoms with Crippen molar-refractivity contribution >= 4 is 27.8 Å². The number of rotatable bonds is 11. The molecule has 0 radical (unpaired) electrons. The molecule has 2 atom stereocenters. The summed E-state index contributed by atoms with van der Waals surface area (Å²) in [5.74, 6) is -0.901. The van der Waals surface area contributed by atoms with E-state index in [9.17, 15) is 27.8 Å². The molecule has 2 N–H and O–H groups in total. The van der Waals surface area contributed by atoms with Crippen LogP contribution in [0.4, 0.5) is 10.3 Å². The maximum Gasteiger partial charge on any atom is 0.239 e. The molecule has 0 unspecified atom stereocenters. The van der Waals surface area contributed by atoms with E-state index in [1.807, 2.05) is 13.8 Å². The molecule has 0 aliphatic carbocycles. The van der Waals surface area contributed by atoms with Crippen LogP contribution < -0.4 is 4.31 Å². The summed E-state index contributed by atoms with van der Waals surface area (Å²) < 4.78 is 38.8. The van der Waals surface area contributed by atoms with Crippen molar-refractivity contribution in [1.29, 1.82) is 0 Å².